The number of carboxylic acids is 1. The van der Waals surface area contributed by atoms with Crippen molar-refractivity contribution in [1.82, 2.24) is 0 Å². The lowest BCUT2D eigenvalue weighted by Gasteiger charge is -2.29. The number of benzene rings is 1. The van der Waals surface area contributed by atoms with Gasteiger partial charge in [-0.3, -0.25) is 9.59 Å². The quantitative estimate of drug-likeness (QED) is 0.801. The van der Waals surface area contributed by atoms with E-state index in [1.165, 1.54) is 0 Å². The molecule has 0 saturated carbocycles. The number of allylic oxidation sites excluding steroid dienone is 2. The third kappa shape index (κ3) is 3.62. The normalized spacial score (nSPS) is 21.6. The minimum Gasteiger partial charge on any atom is -0.481 e. The van der Waals surface area contributed by atoms with Crippen molar-refractivity contribution < 1.29 is 14.7 Å². The van der Waals surface area contributed by atoms with Crippen molar-refractivity contribution >= 4 is 40.8 Å². The van der Waals surface area contributed by atoms with Gasteiger partial charge >= 0.3 is 5.97 Å². The number of hydrogen-bond acceptors (Lipinski definition) is 2. The number of carboxylic acid groups (broad SMARTS) is 1. The van der Waals surface area contributed by atoms with Crippen LogP contribution in [-0.2, 0) is 9.59 Å². The molecule has 4 nitrogen and oxygen atoms in total. The minimum atomic E-state index is -0.954. The zero-order valence-electron chi connectivity index (χ0n) is 12.3. The molecule has 0 unspecified atom stereocenters. The molecule has 0 aliphatic heterocycles. The van der Waals surface area contributed by atoms with E-state index in [-0.39, 0.29) is 5.91 Å². The fraction of sp³-hybridized carbons (Fsp3) is 0.375. The third-order valence-electron chi connectivity index (χ3n) is 4.11. The number of rotatable bonds is 3. The predicted octanol–water partition coefficient (Wildman–Crippen LogP) is 4.38. The first-order valence-electron chi connectivity index (χ1n) is 6.93. The number of amides is 1. The maximum absolute atomic E-state index is 12.5. The van der Waals surface area contributed by atoms with Crippen molar-refractivity contribution in [2.75, 3.05) is 5.32 Å². The van der Waals surface area contributed by atoms with Gasteiger partial charge in [-0.05, 0) is 44.9 Å². The first kappa shape index (κ1) is 16.8. The van der Waals surface area contributed by atoms with E-state index in [0.717, 1.165) is 11.1 Å². The van der Waals surface area contributed by atoms with Crippen LogP contribution in [0.2, 0.25) is 10.0 Å². The van der Waals surface area contributed by atoms with Crippen molar-refractivity contribution in [3.05, 3.63) is 39.4 Å². The molecule has 2 atom stereocenters. The summed E-state index contributed by atoms with van der Waals surface area (Å²) >= 11 is 11.9. The molecule has 0 heterocycles. The lowest BCUT2D eigenvalue weighted by atomic mass is 9.76. The van der Waals surface area contributed by atoms with Crippen molar-refractivity contribution in [3.63, 3.8) is 0 Å². The summed E-state index contributed by atoms with van der Waals surface area (Å²) < 4.78 is 0. The Bertz CT molecular complexity index is 655. The standard InChI is InChI=1S/C16H17Cl2NO3/c1-8-5-11(12(16(21)22)6-9(8)2)15(20)19-14-7-10(17)3-4-13(14)18/h3-4,7,11-12H,5-6H2,1-2H3,(H,19,20)(H,21,22)/t11-,12-/m0/s1. The molecule has 0 bridgehead atoms. The maximum Gasteiger partial charge on any atom is 0.307 e. The second kappa shape index (κ2) is 6.71. The van der Waals surface area contributed by atoms with Gasteiger partial charge in [0, 0.05) is 5.02 Å². The lowest BCUT2D eigenvalue weighted by molar-refractivity contribution is -0.146. The molecule has 0 spiro atoms. The second-order valence-electron chi connectivity index (χ2n) is 5.63. The number of hydrogen-bond donors (Lipinski definition) is 2. The molecule has 0 radical (unpaired) electrons. The van der Waals surface area contributed by atoms with E-state index in [4.69, 9.17) is 23.2 Å². The average Bonchev–Trinajstić information content (AvgIpc) is 2.45. The molecular weight excluding hydrogens is 325 g/mol. The summed E-state index contributed by atoms with van der Waals surface area (Å²) in [5, 5.41) is 12.9. The predicted molar refractivity (Wildman–Crippen MR) is 87.3 cm³/mol. The van der Waals surface area contributed by atoms with Crippen LogP contribution in [0, 0.1) is 11.8 Å². The third-order valence-corrected chi connectivity index (χ3v) is 4.67. The summed E-state index contributed by atoms with van der Waals surface area (Å²) in [6, 6.07) is 4.76. The molecule has 1 aliphatic rings. The summed E-state index contributed by atoms with van der Waals surface area (Å²) in [6.07, 6.45) is 0.829. The molecule has 0 fully saturated rings. The van der Waals surface area contributed by atoms with Gasteiger partial charge in [-0.2, -0.15) is 0 Å². The van der Waals surface area contributed by atoms with E-state index in [9.17, 15) is 14.7 Å². The van der Waals surface area contributed by atoms with Crippen LogP contribution in [0.25, 0.3) is 0 Å². The highest BCUT2D eigenvalue weighted by molar-refractivity contribution is 6.35. The SMILES string of the molecule is CC1=C(C)C[C@H](C(=O)Nc2cc(Cl)ccc2Cl)[C@@H](C(=O)O)C1. The zero-order chi connectivity index (χ0) is 16.4. The largest absolute Gasteiger partial charge is 0.481 e. The number of carbonyl (C=O) groups is 2. The molecule has 2 N–H and O–H groups in total. The summed E-state index contributed by atoms with van der Waals surface area (Å²) in [7, 11) is 0. The van der Waals surface area contributed by atoms with E-state index < -0.39 is 17.8 Å². The Kier molecular flexibility index (Phi) is 5.14. The second-order valence-corrected chi connectivity index (χ2v) is 6.48. The van der Waals surface area contributed by atoms with Gasteiger partial charge in [-0.25, -0.2) is 0 Å². The van der Waals surface area contributed by atoms with E-state index in [0.29, 0.717) is 28.6 Å². The van der Waals surface area contributed by atoms with Gasteiger partial charge in [-0.15, -0.1) is 0 Å². The van der Waals surface area contributed by atoms with Gasteiger partial charge in [0.2, 0.25) is 5.91 Å². The Labute approximate surface area is 139 Å². The Hall–Kier alpha value is -1.52. The number of halogens is 2. The highest BCUT2D eigenvalue weighted by atomic mass is 35.5. The van der Waals surface area contributed by atoms with E-state index in [1.807, 2.05) is 13.8 Å². The number of aliphatic carboxylic acids is 1. The molecule has 1 aromatic carbocycles. The topological polar surface area (TPSA) is 66.4 Å². The van der Waals surface area contributed by atoms with Crippen LogP contribution in [0.15, 0.2) is 29.3 Å². The number of anilines is 1. The molecule has 0 aromatic heterocycles. The van der Waals surface area contributed by atoms with Crippen LogP contribution < -0.4 is 5.32 Å². The summed E-state index contributed by atoms with van der Waals surface area (Å²) in [4.78, 5) is 23.9. The summed E-state index contributed by atoms with van der Waals surface area (Å²) in [5.41, 5.74) is 2.50. The number of nitrogens with one attached hydrogen (secondary N) is 1. The minimum absolute atomic E-state index is 0.344. The first-order valence-corrected chi connectivity index (χ1v) is 7.69. The van der Waals surface area contributed by atoms with Gasteiger partial charge < -0.3 is 10.4 Å². The fourth-order valence-corrected chi connectivity index (χ4v) is 2.98. The van der Waals surface area contributed by atoms with Crippen LogP contribution in [0.5, 0.6) is 0 Å². The average molecular weight is 342 g/mol. The van der Waals surface area contributed by atoms with Gasteiger partial charge in [0.05, 0.1) is 22.5 Å². The van der Waals surface area contributed by atoms with Crippen LogP contribution in [0.3, 0.4) is 0 Å². The molecule has 1 aliphatic carbocycles. The molecule has 22 heavy (non-hydrogen) atoms. The Morgan fingerprint density at radius 1 is 1.14 bits per heavy atom. The molecule has 118 valence electrons. The summed E-state index contributed by atoms with van der Waals surface area (Å²) in [5.74, 6) is -2.63. The molecule has 6 heteroatoms. The Morgan fingerprint density at radius 2 is 1.73 bits per heavy atom. The van der Waals surface area contributed by atoms with Gasteiger partial charge in [0.1, 0.15) is 0 Å². The van der Waals surface area contributed by atoms with Gasteiger partial charge in [-0.1, -0.05) is 34.3 Å². The van der Waals surface area contributed by atoms with Crippen molar-refractivity contribution in [3.8, 4) is 0 Å². The lowest BCUT2D eigenvalue weighted by Crippen LogP contribution is -2.36. The smallest absolute Gasteiger partial charge is 0.307 e. The molecular formula is C16H17Cl2NO3. The highest BCUT2D eigenvalue weighted by Crippen LogP contribution is 2.35. The summed E-state index contributed by atoms with van der Waals surface area (Å²) in [6.45, 7) is 3.84. The van der Waals surface area contributed by atoms with Crippen molar-refractivity contribution in [2.45, 2.75) is 26.7 Å². The van der Waals surface area contributed by atoms with Crippen LogP contribution >= 0.6 is 23.2 Å². The van der Waals surface area contributed by atoms with Crippen LogP contribution in [0.1, 0.15) is 26.7 Å². The number of carbonyl (C=O) groups excluding carboxylic acids is 1. The van der Waals surface area contributed by atoms with Crippen molar-refractivity contribution in [2.24, 2.45) is 11.8 Å². The van der Waals surface area contributed by atoms with E-state index >= 15 is 0 Å². The Balaban J connectivity index is 2.23. The molecule has 1 amide bonds. The fourth-order valence-electron chi connectivity index (χ4n) is 2.65. The van der Waals surface area contributed by atoms with Gasteiger partial charge in [0.25, 0.3) is 0 Å². The molecule has 1 aromatic rings. The van der Waals surface area contributed by atoms with Crippen LogP contribution in [-0.4, -0.2) is 17.0 Å². The maximum atomic E-state index is 12.5. The van der Waals surface area contributed by atoms with Crippen molar-refractivity contribution in [1.29, 1.82) is 0 Å². The van der Waals surface area contributed by atoms with Gasteiger partial charge in [0.15, 0.2) is 0 Å². The molecule has 0 saturated heterocycles. The van der Waals surface area contributed by atoms with E-state index in [2.05, 4.69) is 5.32 Å². The Morgan fingerprint density at radius 3 is 2.32 bits per heavy atom. The first-order chi connectivity index (χ1) is 10.3. The molecule has 2 rings (SSSR count). The highest BCUT2D eigenvalue weighted by Gasteiger charge is 2.37. The van der Waals surface area contributed by atoms with Crippen LogP contribution in [0.4, 0.5) is 5.69 Å². The zero-order valence-corrected chi connectivity index (χ0v) is 13.8. The monoisotopic (exact) mass is 341 g/mol. The van der Waals surface area contributed by atoms with E-state index in [1.54, 1.807) is 18.2 Å².